The summed E-state index contributed by atoms with van der Waals surface area (Å²) in [7, 11) is 1.98. The van der Waals surface area contributed by atoms with Gasteiger partial charge in [-0.15, -0.1) is 0 Å². The predicted molar refractivity (Wildman–Crippen MR) is 84.4 cm³/mol. The average Bonchev–Trinajstić information content (AvgIpc) is 2.42. The number of hydrogen-bond donors (Lipinski definition) is 1. The van der Waals surface area contributed by atoms with Gasteiger partial charge in [-0.1, -0.05) is 35.9 Å². The highest BCUT2D eigenvalue weighted by Gasteiger charge is 2.15. The summed E-state index contributed by atoms with van der Waals surface area (Å²) in [4.78, 5) is 0. The topological polar surface area (TPSA) is 21.3 Å². The Labute approximate surface area is 121 Å². The molecule has 2 rings (SSSR count). The first-order valence-corrected chi connectivity index (χ1v) is 7.04. The van der Waals surface area contributed by atoms with Crippen molar-refractivity contribution in [1.29, 1.82) is 0 Å². The van der Waals surface area contributed by atoms with E-state index in [1.807, 2.05) is 37.4 Å². The van der Waals surface area contributed by atoms with E-state index in [0.717, 1.165) is 5.75 Å². The van der Waals surface area contributed by atoms with Gasteiger partial charge >= 0.3 is 0 Å². The minimum atomic E-state index is 0.204. The second-order valence-corrected chi connectivity index (χ2v) is 5.28. The molecular weight excluding hydrogens is 246 g/mol. The number of aryl methyl sites for hydroxylation is 3. The van der Waals surface area contributed by atoms with Gasteiger partial charge in [-0.3, -0.25) is 0 Å². The molecule has 0 saturated carbocycles. The molecule has 20 heavy (non-hydrogen) atoms. The van der Waals surface area contributed by atoms with Gasteiger partial charge in [0.2, 0.25) is 0 Å². The van der Waals surface area contributed by atoms with E-state index in [0.29, 0.717) is 6.61 Å². The van der Waals surface area contributed by atoms with Crippen LogP contribution in [0.5, 0.6) is 5.75 Å². The molecule has 0 saturated heterocycles. The average molecular weight is 269 g/mol. The minimum absolute atomic E-state index is 0.204. The quantitative estimate of drug-likeness (QED) is 0.887. The van der Waals surface area contributed by atoms with E-state index in [-0.39, 0.29) is 6.04 Å². The number of ether oxygens (including phenoxy) is 1. The Morgan fingerprint density at radius 1 is 1.00 bits per heavy atom. The number of benzene rings is 2. The fourth-order valence-corrected chi connectivity index (χ4v) is 2.75. The normalized spacial score (nSPS) is 12.2. The van der Waals surface area contributed by atoms with Gasteiger partial charge in [-0.2, -0.15) is 0 Å². The third-order valence-electron chi connectivity index (χ3n) is 3.59. The Morgan fingerprint density at radius 3 is 2.15 bits per heavy atom. The molecule has 0 aliphatic carbocycles. The lowest BCUT2D eigenvalue weighted by Crippen LogP contribution is -2.25. The Hall–Kier alpha value is -1.80. The van der Waals surface area contributed by atoms with E-state index in [2.05, 4.69) is 38.2 Å². The molecule has 1 atom stereocenters. The van der Waals surface area contributed by atoms with Gasteiger partial charge in [-0.25, -0.2) is 0 Å². The molecule has 0 heterocycles. The standard InChI is InChI=1S/C18H23NO/c1-13-10-14(2)18(15(3)11-13)17(19-4)12-20-16-8-6-5-7-9-16/h5-11,17,19H,12H2,1-4H3. The fourth-order valence-electron chi connectivity index (χ4n) is 2.75. The lowest BCUT2D eigenvalue weighted by Gasteiger charge is -2.22. The van der Waals surface area contributed by atoms with Crippen LogP contribution in [0.4, 0.5) is 0 Å². The van der Waals surface area contributed by atoms with Gasteiger partial charge in [0.15, 0.2) is 0 Å². The third kappa shape index (κ3) is 3.40. The van der Waals surface area contributed by atoms with E-state index in [1.54, 1.807) is 0 Å². The highest BCUT2D eigenvalue weighted by molar-refractivity contribution is 5.39. The minimum Gasteiger partial charge on any atom is -0.492 e. The second-order valence-electron chi connectivity index (χ2n) is 5.28. The summed E-state index contributed by atoms with van der Waals surface area (Å²) in [6.45, 7) is 7.11. The van der Waals surface area contributed by atoms with Crippen LogP contribution >= 0.6 is 0 Å². The van der Waals surface area contributed by atoms with Crippen LogP contribution in [0.3, 0.4) is 0 Å². The Kier molecular flexibility index (Phi) is 4.80. The van der Waals surface area contributed by atoms with Gasteiger partial charge in [0, 0.05) is 0 Å². The maximum Gasteiger partial charge on any atom is 0.119 e. The third-order valence-corrected chi connectivity index (χ3v) is 3.59. The molecule has 0 fully saturated rings. The maximum absolute atomic E-state index is 5.89. The number of nitrogens with one attached hydrogen (secondary N) is 1. The molecule has 2 heteroatoms. The zero-order valence-corrected chi connectivity index (χ0v) is 12.7. The van der Waals surface area contributed by atoms with Crippen molar-refractivity contribution in [3.63, 3.8) is 0 Å². The number of para-hydroxylation sites is 1. The van der Waals surface area contributed by atoms with E-state index in [9.17, 15) is 0 Å². The maximum atomic E-state index is 5.89. The first-order chi connectivity index (χ1) is 9.61. The van der Waals surface area contributed by atoms with Crippen LogP contribution < -0.4 is 10.1 Å². The van der Waals surface area contributed by atoms with Crippen molar-refractivity contribution in [3.05, 3.63) is 64.7 Å². The summed E-state index contributed by atoms with van der Waals surface area (Å²) >= 11 is 0. The predicted octanol–water partition coefficient (Wildman–Crippen LogP) is 3.95. The van der Waals surface area contributed by atoms with Crippen molar-refractivity contribution in [3.8, 4) is 5.75 Å². The summed E-state index contributed by atoms with van der Waals surface area (Å²) in [5, 5.41) is 3.36. The van der Waals surface area contributed by atoms with Crippen LogP contribution in [0.15, 0.2) is 42.5 Å². The van der Waals surface area contributed by atoms with Crippen molar-refractivity contribution in [2.24, 2.45) is 0 Å². The lowest BCUT2D eigenvalue weighted by atomic mass is 9.94. The molecule has 1 unspecified atom stereocenters. The Balaban J connectivity index is 2.17. The van der Waals surface area contributed by atoms with E-state index in [1.165, 1.54) is 22.3 Å². The Bertz CT molecular complexity index is 540. The monoisotopic (exact) mass is 269 g/mol. The molecule has 1 N–H and O–H groups in total. The molecule has 0 aromatic heterocycles. The van der Waals surface area contributed by atoms with Gasteiger partial charge in [0.25, 0.3) is 0 Å². The highest BCUT2D eigenvalue weighted by atomic mass is 16.5. The van der Waals surface area contributed by atoms with Crippen LogP contribution in [-0.2, 0) is 0 Å². The number of hydrogen-bond acceptors (Lipinski definition) is 2. The van der Waals surface area contributed by atoms with Gasteiger partial charge in [-0.05, 0) is 56.6 Å². The number of rotatable bonds is 5. The molecule has 2 aromatic carbocycles. The van der Waals surface area contributed by atoms with Crippen LogP contribution in [0.2, 0.25) is 0 Å². The molecule has 0 bridgehead atoms. The lowest BCUT2D eigenvalue weighted by molar-refractivity contribution is 0.272. The molecule has 2 aromatic rings. The van der Waals surface area contributed by atoms with Crippen LogP contribution in [0, 0.1) is 20.8 Å². The van der Waals surface area contributed by atoms with Crippen molar-refractivity contribution in [2.75, 3.05) is 13.7 Å². The first-order valence-electron chi connectivity index (χ1n) is 7.04. The SMILES string of the molecule is CNC(COc1ccccc1)c1c(C)cc(C)cc1C. The van der Waals surface area contributed by atoms with E-state index >= 15 is 0 Å². The van der Waals surface area contributed by atoms with Gasteiger partial charge < -0.3 is 10.1 Å². The molecule has 2 nitrogen and oxygen atoms in total. The fraction of sp³-hybridized carbons (Fsp3) is 0.333. The van der Waals surface area contributed by atoms with Gasteiger partial charge in [0.05, 0.1) is 6.04 Å². The number of likely N-dealkylation sites (N-methyl/N-ethyl adjacent to an activating group) is 1. The first kappa shape index (κ1) is 14.6. The summed E-state index contributed by atoms with van der Waals surface area (Å²) < 4.78 is 5.89. The smallest absolute Gasteiger partial charge is 0.119 e. The van der Waals surface area contributed by atoms with Gasteiger partial charge in [0.1, 0.15) is 12.4 Å². The molecule has 0 aliphatic rings. The van der Waals surface area contributed by atoms with Crippen molar-refractivity contribution < 1.29 is 4.74 Å². The summed E-state index contributed by atoms with van der Waals surface area (Å²) in [5.74, 6) is 0.912. The van der Waals surface area contributed by atoms with E-state index in [4.69, 9.17) is 4.74 Å². The summed E-state index contributed by atoms with van der Waals surface area (Å²) in [5.41, 5.74) is 5.29. The van der Waals surface area contributed by atoms with Crippen molar-refractivity contribution in [2.45, 2.75) is 26.8 Å². The van der Waals surface area contributed by atoms with Crippen LogP contribution in [0.25, 0.3) is 0 Å². The van der Waals surface area contributed by atoms with Crippen molar-refractivity contribution in [1.82, 2.24) is 5.32 Å². The zero-order chi connectivity index (χ0) is 14.5. The summed E-state index contributed by atoms with van der Waals surface area (Å²) in [6, 6.07) is 14.6. The molecule has 0 spiro atoms. The zero-order valence-electron chi connectivity index (χ0n) is 12.7. The van der Waals surface area contributed by atoms with Crippen LogP contribution in [0.1, 0.15) is 28.3 Å². The summed E-state index contributed by atoms with van der Waals surface area (Å²) in [6.07, 6.45) is 0. The molecule has 0 radical (unpaired) electrons. The Morgan fingerprint density at radius 2 is 1.60 bits per heavy atom. The molecule has 0 aliphatic heterocycles. The largest absolute Gasteiger partial charge is 0.492 e. The van der Waals surface area contributed by atoms with Crippen LogP contribution in [-0.4, -0.2) is 13.7 Å². The molecule has 106 valence electrons. The van der Waals surface area contributed by atoms with E-state index < -0.39 is 0 Å². The highest BCUT2D eigenvalue weighted by Crippen LogP contribution is 2.24. The molecule has 0 amide bonds. The molecular formula is C18H23NO. The van der Waals surface area contributed by atoms with Crippen molar-refractivity contribution >= 4 is 0 Å². The second kappa shape index (κ2) is 6.58.